The predicted molar refractivity (Wildman–Crippen MR) is 155 cm³/mol. The molecule has 1 atom stereocenters. The topological polar surface area (TPSA) is 111 Å². The molecule has 1 aliphatic rings. The van der Waals surface area contributed by atoms with Gasteiger partial charge in [-0.1, -0.05) is 24.3 Å². The van der Waals surface area contributed by atoms with Gasteiger partial charge in [-0.05, 0) is 68.7 Å². The fourth-order valence-corrected chi connectivity index (χ4v) is 7.05. The van der Waals surface area contributed by atoms with Crippen molar-refractivity contribution in [1.82, 2.24) is 13.9 Å². The number of esters is 1. The average molecular weight is 579 g/mol. The Morgan fingerprint density at radius 2 is 1.80 bits per heavy atom. The van der Waals surface area contributed by atoms with E-state index in [1.54, 1.807) is 19.1 Å². The number of carbonyl (C=O) groups excluding carboxylic acids is 2. The Balaban J connectivity index is 1.38. The molecule has 0 bridgehead atoms. The number of sulfonamides is 1. The smallest absolute Gasteiger partial charge is 0.337 e. The minimum absolute atomic E-state index is 0.0820. The molecule has 1 amide bonds. The van der Waals surface area contributed by atoms with Crippen LogP contribution in [0.25, 0.3) is 16.9 Å². The van der Waals surface area contributed by atoms with Crippen LogP contribution in [0.1, 0.15) is 39.8 Å². The van der Waals surface area contributed by atoms with Crippen LogP contribution in [-0.4, -0.2) is 53.1 Å². The van der Waals surface area contributed by atoms with Crippen LogP contribution in [0.4, 0.5) is 5.13 Å². The zero-order valence-electron chi connectivity index (χ0n) is 22.7. The SMILES string of the molecule is CCS(=O)(=O)N1Cc2ccccc2CC1C(=O)Nc1nc(-c2cc(C)n(-c3ccc(C(=O)OC)cc3)c2C)cs1. The lowest BCUT2D eigenvalue weighted by Gasteiger charge is -2.34. The molecule has 1 unspecified atom stereocenters. The molecule has 2 aromatic carbocycles. The molecule has 40 heavy (non-hydrogen) atoms. The maximum absolute atomic E-state index is 13.4. The van der Waals surface area contributed by atoms with Crippen molar-refractivity contribution in [2.75, 3.05) is 18.2 Å². The van der Waals surface area contributed by atoms with Gasteiger partial charge in [-0.3, -0.25) is 4.79 Å². The first-order valence-corrected chi connectivity index (χ1v) is 15.3. The lowest BCUT2D eigenvalue weighted by Crippen LogP contribution is -2.51. The summed E-state index contributed by atoms with van der Waals surface area (Å²) >= 11 is 1.29. The summed E-state index contributed by atoms with van der Waals surface area (Å²) in [5.41, 5.74) is 6.81. The highest BCUT2D eigenvalue weighted by molar-refractivity contribution is 7.89. The van der Waals surface area contributed by atoms with Gasteiger partial charge in [-0.25, -0.2) is 18.2 Å². The number of rotatable bonds is 7. The van der Waals surface area contributed by atoms with Gasteiger partial charge in [0.25, 0.3) is 0 Å². The second-order valence-corrected chi connectivity index (χ2v) is 12.7. The summed E-state index contributed by atoms with van der Waals surface area (Å²) in [6, 6.07) is 16.0. The van der Waals surface area contributed by atoms with Gasteiger partial charge in [0.05, 0.1) is 24.1 Å². The summed E-state index contributed by atoms with van der Waals surface area (Å²) < 4.78 is 33.9. The Morgan fingerprint density at radius 1 is 1.10 bits per heavy atom. The minimum Gasteiger partial charge on any atom is -0.465 e. The van der Waals surface area contributed by atoms with E-state index in [1.165, 1.54) is 22.8 Å². The number of nitrogens with one attached hydrogen (secondary N) is 1. The Morgan fingerprint density at radius 3 is 2.48 bits per heavy atom. The van der Waals surface area contributed by atoms with E-state index in [9.17, 15) is 18.0 Å². The molecule has 3 heterocycles. The number of thiazole rings is 1. The number of amides is 1. The number of aromatic nitrogens is 2. The van der Waals surface area contributed by atoms with Crippen molar-refractivity contribution in [1.29, 1.82) is 0 Å². The lowest BCUT2D eigenvalue weighted by molar-refractivity contribution is -0.120. The Labute approximate surface area is 237 Å². The fraction of sp³-hybridized carbons (Fsp3) is 0.276. The first kappa shape index (κ1) is 27.8. The van der Waals surface area contributed by atoms with Crippen molar-refractivity contribution >= 4 is 38.4 Å². The van der Waals surface area contributed by atoms with Gasteiger partial charge in [-0.15, -0.1) is 11.3 Å². The quantitative estimate of drug-likeness (QED) is 0.318. The number of carbonyl (C=O) groups is 2. The molecule has 208 valence electrons. The van der Waals surface area contributed by atoms with E-state index in [1.807, 2.05) is 61.7 Å². The van der Waals surface area contributed by atoms with Crippen LogP contribution >= 0.6 is 11.3 Å². The maximum atomic E-state index is 13.4. The Kier molecular flexibility index (Phi) is 7.63. The van der Waals surface area contributed by atoms with Gasteiger partial charge in [0.2, 0.25) is 15.9 Å². The fourth-order valence-electron chi connectivity index (χ4n) is 5.11. The highest BCUT2D eigenvalue weighted by Crippen LogP contribution is 2.33. The number of hydrogen-bond donors (Lipinski definition) is 1. The van der Waals surface area contributed by atoms with Gasteiger partial charge in [0, 0.05) is 34.6 Å². The minimum atomic E-state index is -3.60. The predicted octanol–water partition coefficient (Wildman–Crippen LogP) is 4.72. The third-order valence-electron chi connectivity index (χ3n) is 7.22. The summed E-state index contributed by atoms with van der Waals surface area (Å²) in [4.78, 5) is 29.9. The van der Waals surface area contributed by atoms with Crippen molar-refractivity contribution in [2.24, 2.45) is 0 Å². The summed E-state index contributed by atoms with van der Waals surface area (Å²) in [5.74, 6) is -0.872. The third kappa shape index (κ3) is 5.19. The standard InChI is InChI=1S/C29H30N4O5S2/c1-5-40(36,37)32-16-22-9-7-6-8-21(22)15-26(32)27(34)31-29-30-25(17-39-29)24-14-18(2)33(19(24)3)23-12-10-20(11-13-23)28(35)38-4/h6-14,17,26H,5,15-16H2,1-4H3,(H,30,31,34). The Bertz CT molecular complexity index is 1690. The van der Waals surface area contributed by atoms with Crippen molar-refractivity contribution < 1.29 is 22.7 Å². The molecule has 0 radical (unpaired) electrons. The monoisotopic (exact) mass is 578 g/mol. The van der Waals surface area contributed by atoms with E-state index >= 15 is 0 Å². The van der Waals surface area contributed by atoms with Crippen molar-refractivity contribution in [3.63, 3.8) is 0 Å². The van der Waals surface area contributed by atoms with E-state index < -0.39 is 27.9 Å². The van der Waals surface area contributed by atoms with E-state index in [2.05, 4.69) is 14.9 Å². The van der Waals surface area contributed by atoms with Crippen LogP contribution in [-0.2, 0) is 32.5 Å². The highest BCUT2D eigenvalue weighted by Gasteiger charge is 2.38. The molecule has 0 saturated carbocycles. The van der Waals surface area contributed by atoms with Gasteiger partial charge < -0.3 is 14.6 Å². The van der Waals surface area contributed by atoms with E-state index in [4.69, 9.17) is 4.74 Å². The number of benzene rings is 2. The van der Waals surface area contributed by atoms with Crippen molar-refractivity contribution in [2.45, 2.75) is 39.8 Å². The number of ether oxygens (including phenoxy) is 1. The highest BCUT2D eigenvalue weighted by atomic mass is 32.2. The van der Waals surface area contributed by atoms with Crippen molar-refractivity contribution in [3.8, 4) is 16.9 Å². The normalized spacial score (nSPS) is 15.4. The first-order valence-electron chi connectivity index (χ1n) is 12.8. The number of aryl methyl sites for hydroxylation is 1. The second-order valence-electron chi connectivity index (χ2n) is 9.62. The summed E-state index contributed by atoms with van der Waals surface area (Å²) in [6.45, 7) is 5.73. The number of methoxy groups -OCH3 is 1. The molecule has 2 aromatic heterocycles. The molecule has 0 saturated heterocycles. The molecule has 0 spiro atoms. The molecule has 11 heteroatoms. The van der Waals surface area contributed by atoms with Crippen LogP contribution in [0.5, 0.6) is 0 Å². The molecular formula is C29H30N4O5S2. The van der Waals surface area contributed by atoms with E-state index in [-0.39, 0.29) is 12.3 Å². The number of anilines is 1. The van der Waals surface area contributed by atoms with Gasteiger partial charge in [0.15, 0.2) is 5.13 Å². The van der Waals surface area contributed by atoms with Crippen LogP contribution < -0.4 is 5.32 Å². The van der Waals surface area contributed by atoms with E-state index in [0.29, 0.717) is 22.8 Å². The zero-order chi connectivity index (χ0) is 28.6. The van der Waals surface area contributed by atoms with Crippen LogP contribution in [0.15, 0.2) is 60.0 Å². The van der Waals surface area contributed by atoms with Crippen LogP contribution in [0.2, 0.25) is 0 Å². The average Bonchev–Trinajstić information content (AvgIpc) is 3.54. The second kappa shape index (κ2) is 11.0. The largest absolute Gasteiger partial charge is 0.465 e. The molecule has 1 aliphatic heterocycles. The number of fused-ring (bicyclic) bond motifs is 1. The molecular weight excluding hydrogens is 548 g/mol. The van der Waals surface area contributed by atoms with Gasteiger partial charge in [0.1, 0.15) is 6.04 Å². The molecule has 5 rings (SSSR count). The van der Waals surface area contributed by atoms with Crippen LogP contribution in [0.3, 0.4) is 0 Å². The molecule has 0 fully saturated rings. The summed E-state index contributed by atoms with van der Waals surface area (Å²) in [7, 11) is -2.25. The summed E-state index contributed by atoms with van der Waals surface area (Å²) in [6.07, 6.45) is 0.301. The third-order valence-corrected chi connectivity index (χ3v) is 9.80. The zero-order valence-corrected chi connectivity index (χ0v) is 24.3. The number of hydrogen-bond acceptors (Lipinski definition) is 7. The summed E-state index contributed by atoms with van der Waals surface area (Å²) in [5, 5.41) is 5.14. The lowest BCUT2D eigenvalue weighted by atomic mass is 9.95. The number of nitrogens with zero attached hydrogens (tertiary/aromatic N) is 3. The molecule has 4 aromatic rings. The van der Waals surface area contributed by atoms with Gasteiger partial charge >= 0.3 is 5.97 Å². The molecule has 0 aliphatic carbocycles. The maximum Gasteiger partial charge on any atom is 0.337 e. The molecule has 9 nitrogen and oxygen atoms in total. The van der Waals surface area contributed by atoms with Gasteiger partial charge in [-0.2, -0.15) is 4.31 Å². The van der Waals surface area contributed by atoms with Crippen LogP contribution in [0, 0.1) is 13.8 Å². The Hall–Kier alpha value is -3.80. The first-order chi connectivity index (χ1) is 19.1. The van der Waals surface area contributed by atoms with Crippen molar-refractivity contribution in [3.05, 3.63) is 88.1 Å². The molecule has 1 N–H and O–H groups in total. The van der Waals surface area contributed by atoms with E-state index in [0.717, 1.165) is 33.8 Å².